The number of hydrogen-bond donors (Lipinski definition) is 0. The SMILES string of the molecule is CCc1nc(C2CC2)nc(N2CCN(C(=O)c3cccs3)CC2)c1Cc1ccc(F)cc1. The van der Waals surface area contributed by atoms with Crippen molar-refractivity contribution in [2.75, 3.05) is 31.1 Å². The summed E-state index contributed by atoms with van der Waals surface area (Å²) in [6, 6.07) is 10.5. The number of halogens is 1. The van der Waals surface area contributed by atoms with E-state index in [0.717, 1.165) is 65.7 Å². The van der Waals surface area contributed by atoms with Crippen LogP contribution in [0.4, 0.5) is 10.2 Å². The molecule has 3 aromatic rings. The summed E-state index contributed by atoms with van der Waals surface area (Å²) in [6.45, 7) is 4.98. The molecule has 2 fully saturated rings. The lowest BCUT2D eigenvalue weighted by Crippen LogP contribution is -2.49. The van der Waals surface area contributed by atoms with Crippen molar-refractivity contribution in [3.05, 3.63) is 75.1 Å². The molecule has 0 unspecified atom stereocenters. The molecule has 5 nitrogen and oxygen atoms in total. The normalized spacial score (nSPS) is 16.4. The Hall–Kier alpha value is -2.80. The van der Waals surface area contributed by atoms with Crippen LogP contribution in [0.3, 0.4) is 0 Å². The van der Waals surface area contributed by atoms with Crippen LogP contribution in [-0.4, -0.2) is 47.0 Å². The number of aryl methyl sites for hydroxylation is 1. The van der Waals surface area contributed by atoms with Gasteiger partial charge in [0.2, 0.25) is 0 Å². The number of carbonyl (C=O) groups is 1. The standard InChI is InChI=1S/C25H27FN4OS/c1-2-21-20(16-17-5-9-19(26)10-6-17)24(28-23(27-21)18-7-8-18)29-11-13-30(14-12-29)25(31)22-4-3-15-32-22/h3-6,9-10,15,18H,2,7-8,11-14,16H2,1H3. The Bertz CT molecular complexity index is 1090. The third kappa shape index (κ3) is 4.39. The van der Waals surface area contributed by atoms with Gasteiger partial charge in [0.05, 0.1) is 4.88 Å². The first-order valence-corrected chi connectivity index (χ1v) is 12.2. The largest absolute Gasteiger partial charge is 0.353 e. The Morgan fingerprint density at radius 3 is 2.47 bits per heavy atom. The molecule has 0 N–H and O–H groups in total. The van der Waals surface area contributed by atoms with E-state index in [2.05, 4.69) is 11.8 Å². The van der Waals surface area contributed by atoms with Gasteiger partial charge < -0.3 is 9.80 Å². The molecule has 1 saturated carbocycles. The van der Waals surface area contributed by atoms with Crippen molar-refractivity contribution in [3.8, 4) is 0 Å². The first kappa shape index (κ1) is 21.1. The van der Waals surface area contributed by atoms with E-state index in [9.17, 15) is 9.18 Å². The van der Waals surface area contributed by atoms with Crippen LogP contribution in [-0.2, 0) is 12.8 Å². The van der Waals surface area contributed by atoms with Gasteiger partial charge in [-0.15, -0.1) is 11.3 Å². The third-order valence-electron chi connectivity index (χ3n) is 6.26. The molecule has 7 heteroatoms. The highest BCUT2D eigenvalue weighted by Crippen LogP contribution is 2.40. The number of piperazine rings is 1. The van der Waals surface area contributed by atoms with Gasteiger partial charge in [-0.3, -0.25) is 4.79 Å². The summed E-state index contributed by atoms with van der Waals surface area (Å²) in [5.41, 5.74) is 3.26. The molecule has 1 aliphatic heterocycles. The fourth-order valence-electron chi connectivity index (χ4n) is 4.28. The highest BCUT2D eigenvalue weighted by atomic mass is 32.1. The summed E-state index contributed by atoms with van der Waals surface area (Å²) >= 11 is 1.49. The molecule has 0 bridgehead atoms. The smallest absolute Gasteiger partial charge is 0.264 e. The Morgan fingerprint density at radius 1 is 1.09 bits per heavy atom. The van der Waals surface area contributed by atoms with E-state index in [1.807, 2.05) is 34.5 Å². The highest BCUT2D eigenvalue weighted by Gasteiger charge is 2.31. The van der Waals surface area contributed by atoms with Gasteiger partial charge in [-0.2, -0.15) is 0 Å². The van der Waals surface area contributed by atoms with Gasteiger partial charge in [0.1, 0.15) is 17.5 Å². The second kappa shape index (κ2) is 8.98. The monoisotopic (exact) mass is 450 g/mol. The van der Waals surface area contributed by atoms with Crippen molar-refractivity contribution in [3.63, 3.8) is 0 Å². The Morgan fingerprint density at radius 2 is 1.84 bits per heavy atom. The second-order valence-corrected chi connectivity index (χ2v) is 9.47. The van der Waals surface area contributed by atoms with Crippen LogP contribution in [0.15, 0.2) is 41.8 Å². The lowest BCUT2D eigenvalue weighted by molar-refractivity contribution is 0.0751. The number of nitrogens with zero attached hydrogens (tertiary/aromatic N) is 4. The summed E-state index contributed by atoms with van der Waals surface area (Å²) in [6.07, 6.45) is 3.83. The second-order valence-electron chi connectivity index (χ2n) is 8.52. The minimum atomic E-state index is -0.225. The maximum Gasteiger partial charge on any atom is 0.264 e. The molecule has 1 aliphatic carbocycles. The number of benzene rings is 1. The Kier molecular flexibility index (Phi) is 5.91. The van der Waals surface area contributed by atoms with Gasteiger partial charge in [0.25, 0.3) is 5.91 Å². The molecule has 0 spiro atoms. The van der Waals surface area contributed by atoms with Gasteiger partial charge >= 0.3 is 0 Å². The van der Waals surface area contributed by atoms with Crippen molar-refractivity contribution >= 4 is 23.1 Å². The zero-order valence-corrected chi connectivity index (χ0v) is 19.1. The zero-order chi connectivity index (χ0) is 22.1. The van der Waals surface area contributed by atoms with Gasteiger partial charge in [-0.05, 0) is 48.4 Å². The molecule has 166 valence electrons. The maximum absolute atomic E-state index is 13.4. The molecule has 1 aromatic carbocycles. The van der Waals surface area contributed by atoms with E-state index in [0.29, 0.717) is 25.4 Å². The van der Waals surface area contributed by atoms with E-state index in [-0.39, 0.29) is 11.7 Å². The fourth-order valence-corrected chi connectivity index (χ4v) is 4.97. The van der Waals surface area contributed by atoms with E-state index in [1.165, 1.54) is 23.5 Å². The predicted octanol–water partition coefficient (Wildman–Crippen LogP) is 4.67. The van der Waals surface area contributed by atoms with Crippen LogP contribution in [0, 0.1) is 5.82 Å². The average molecular weight is 451 g/mol. The number of amides is 1. The number of hydrogen-bond acceptors (Lipinski definition) is 5. The number of carbonyl (C=O) groups excluding carboxylic acids is 1. The molecule has 32 heavy (non-hydrogen) atoms. The van der Waals surface area contributed by atoms with Crippen LogP contribution in [0.25, 0.3) is 0 Å². The predicted molar refractivity (Wildman–Crippen MR) is 125 cm³/mol. The lowest BCUT2D eigenvalue weighted by atomic mass is 10.0. The molecular formula is C25H27FN4OS. The average Bonchev–Trinajstić information content (AvgIpc) is 3.54. The van der Waals surface area contributed by atoms with Crippen LogP contribution in [0.1, 0.15) is 58.0 Å². The minimum absolute atomic E-state index is 0.113. The summed E-state index contributed by atoms with van der Waals surface area (Å²) in [7, 11) is 0. The van der Waals surface area contributed by atoms with Crippen molar-refractivity contribution in [1.29, 1.82) is 0 Å². The van der Waals surface area contributed by atoms with E-state index >= 15 is 0 Å². The zero-order valence-electron chi connectivity index (χ0n) is 18.3. The highest BCUT2D eigenvalue weighted by molar-refractivity contribution is 7.12. The molecule has 3 heterocycles. The first-order valence-electron chi connectivity index (χ1n) is 11.3. The number of anilines is 1. The Labute approximate surface area is 191 Å². The third-order valence-corrected chi connectivity index (χ3v) is 7.12. The summed E-state index contributed by atoms with van der Waals surface area (Å²) in [5.74, 6) is 2.31. The van der Waals surface area contributed by atoms with Crippen molar-refractivity contribution in [2.45, 2.75) is 38.5 Å². The van der Waals surface area contributed by atoms with E-state index in [4.69, 9.17) is 9.97 Å². The van der Waals surface area contributed by atoms with Crippen LogP contribution < -0.4 is 4.90 Å². The lowest BCUT2D eigenvalue weighted by Gasteiger charge is -2.36. The van der Waals surface area contributed by atoms with Crippen molar-refractivity contribution < 1.29 is 9.18 Å². The van der Waals surface area contributed by atoms with Crippen LogP contribution >= 0.6 is 11.3 Å². The van der Waals surface area contributed by atoms with E-state index in [1.54, 1.807) is 0 Å². The number of thiophene rings is 1. The maximum atomic E-state index is 13.4. The number of rotatable bonds is 6. The van der Waals surface area contributed by atoms with E-state index < -0.39 is 0 Å². The van der Waals surface area contributed by atoms with Crippen molar-refractivity contribution in [2.24, 2.45) is 0 Å². The van der Waals surface area contributed by atoms with Gasteiger partial charge in [0, 0.05) is 49.8 Å². The molecular weight excluding hydrogens is 423 g/mol. The summed E-state index contributed by atoms with van der Waals surface area (Å²) in [5, 5.41) is 1.94. The summed E-state index contributed by atoms with van der Waals surface area (Å²) < 4.78 is 13.4. The Balaban J connectivity index is 1.42. The molecule has 2 aromatic heterocycles. The number of aromatic nitrogens is 2. The quantitative estimate of drug-likeness (QED) is 0.548. The molecule has 1 amide bonds. The van der Waals surface area contributed by atoms with Gasteiger partial charge in [0.15, 0.2) is 0 Å². The van der Waals surface area contributed by atoms with Crippen molar-refractivity contribution in [1.82, 2.24) is 14.9 Å². The first-order chi connectivity index (χ1) is 15.6. The minimum Gasteiger partial charge on any atom is -0.353 e. The van der Waals surface area contributed by atoms with Gasteiger partial charge in [-0.1, -0.05) is 25.1 Å². The molecule has 1 saturated heterocycles. The van der Waals surface area contributed by atoms with Crippen LogP contribution in [0.5, 0.6) is 0 Å². The molecule has 2 aliphatic rings. The topological polar surface area (TPSA) is 49.3 Å². The molecule has 5 rings (SSSR count). The fraction of sp³-hybridized carbons (Fsp3) is 0.400. The molecule has 0 atom stereocenters. The van der Waals surface area contributed by atoms with Crippen LogP contribution in [0.2, 0.25) is 0 Å². The molecule has 0 radical (unpaired) electrons. The van der Waals surface area contributed by atoms with Gasteiger partial charge in [-0.25, -0.2) is 14.4 Å². The summed E-state index contributed by atoms with van der Waals surface area (Å²) in [4.78, 5) is 27.8.